The van der Waals surface area contributed by atoms with E-state index in [2.05, 4.69) is 34.8 Å². The fraction of sp³-hybridized carbons (Fsp3) is 0.412. The van der Waals surface area contributed by atoms with E-state index in [0.29, 0.717) is 18.0 Å². The van der Waals surface area contributed by atoms with Crippen molar-refractivity contribution in [2.75, 3.05) is 19.6 Å². The third-order valence-electron chi connectivity index (χ3n) is 4.12. The molecule has 0 aliphatic carbocycles. The van der Waals surface area contributed by atoms with Gasteiger partial charge in [-0.15, -0.1) is 12.4 Å². The molecule has 6 heteroatoms. The summed E-state index contributed by atoms with van der Waals surface area (Å²) in [4.78, 5) is 12.3. The highest BCUT2D eigenvalue weighted by Crippen LogP contribution is 2.12. The number of carbonyl (C=O) groups excluding carboxylic acids is 1. The number of aromatic nitrogens is 2. The van der Waals surface area contributed by atoms with E-state index in [1.54, 1.807) is 6.20 Å². The Morgan fingerprint density at radius 3 is 2.70 bits per heavy atom. The molecule has 3 rings (SSSR count). The summed E-state index contributed by atoms with van der Waals surface area (Å²) in [6.45, 7) is 5.48. The summed E-state index contributed by atoms with van der Waals surface area (Å²) < 4.78 is 1.93. The SMILES string of the molecule is CCc1c(C(=O)NCC2CNC2)cnn1Cc1ccccc1.Cl. The van der Waals surface area contributed by atoms with Crippen LogP contribution in [0.2, 0.25) is 0 Å². The fourth-order valence-corrected chi connectivity index (χ4v) is 2.69. The molecule has 1 aromatic heterocycles. The standard InChI is InChI=1S/C17H22N4O.ClH/c1-2-16-15(17(22)19-10-14-8-18-9-14)11-20-21(16)12-13-6-4-3-5-7-13;/h3-7,11,14,18H,2,8-10,12H2,1H3,(H,19,22);1H. The molecular weight excluding hydrogens is 312 g/mol. The van der Waals surface area contributed by atoms with Crippen LogP contribution in [0.15, 0.2) is 36.5 Å². The molecule has 2 aromatic rings. The van der Waals surface area contributed by atoms with E-state index in [4.69, 9.17) is 0 Å². The van der Waals surface area contributed by atoms with Crippen molar-refractivity contribution in [1.82, 2.24) is 20.4 Å². The second kappa shape index (κ2) is 8.13. The number of hydrogen-bond acceptors (Lipinski definition) is 3. The van der Waals surface area contributed by atoms with Gasteiger partial charge in [0.25, 0.3) is 5.91 Å². The fourth-order valence-electron chi connectivity index (χ4n) is 2.69. The van der Waals surface area contributed by atoms with Gasteiger partial charge in [0.15, 0.2) is 0 Å². The van der Waals surface area contributed by atoms with Crippen molar-refractivity contribution in [3.63, 3.8) is 0 Å². The van der Waals surface area contributed by atoms with E-state index in [-0.39, 0.29) is 18.3 Å². The molecule has 2 N–H and O–H groups in total. The third kappa shape index (κ3) is 4.12. The van der Waals surface area contributed by atoms with E-state index in [1.807, 2.05) is 22.9 Å². The minimum absolute atomic E-state index is 0. The van der Waals surface area contributed by atoms with Gasteiger partial charge in [0.2, 0.25) is 0 Å². The predicted molar refractivity (Wildman–Crippen MR) is 93.1 cm³/mol. The molecule has 2 heterocycles. The monoisotopic (exact) mass is 334 g/mol. The van der Waals surface area contributed by atoms with Crippen LogP contribution >= 0.6 is 12.4 Å². The van der Waals surface area contributed by atoms with Crippen LogP contribution in [0.5, 0.6) is 0 Å². The number of carbonyl (C=O) groups is 1. The summed E-state index contributed by atoms with van der Waals surface area (Å²) >= 11 is 0. The molecule has 0 radical (unpaired) electrons. The first-order valence-corrected chi connectivity index (χ1v) is 7.85. The van der Waals surface area contributed by atoms with E-state index >= 15 is 0 Å². The topological polar surface area (TPSA) is 59.0 Å². The lowest BCUT2D eigenvalue weighted by Gasteiger charge is -2.27. The molecular formula is C17H23ClN4O. The molecule has 1 aliphatic heterocycles. The molecule has 1 saturated heterocycles. The van der Waals surface area contributed by atoms with Crippen LogP contribution in [0.3, 0.4) is 0 Å². The van der Waals surface area contributed by atoms with Crippen molar-refractivity contribution in [1.29, 1.82) is 0 Å². The van der Waals surface area contributed by atoms with Gasteiger partial charge < -0.3 is 10.6 Å². The third-order valence-corrected chi connectivity index (χ3v) is 4.12. The Morgan fingerprint density at radius 1 is 1.35 bits per heavy atom. The largest absolute Gasteiger partial charge is 0.352 e. The lowest BCUT2D eigenvalue weighted by atomic mass is 10.0. The zero-order valence-corrected chi connectivity index (χ0v) is 14.1. The maximum absolute atomic E-state index is 12.3. The molecule has 1 amide bonds. The highest BCUT2D eigenvalue weighted by Gasteiger charge is 2.20. The first-order valence-electron chi connectivity index (χ1n) is 7.85. The number of nitrogens with zero attached hydrogens (tertiary/aromatic N) is 2. The maximum atomic E-state index is 12.3. The lowest BCUT2D eigenvalue weighted by Crippen LogP contribution is -2.48. The second-order valence-electron chi connectivity index (χ2n) is 5.74. The minimum atomic E-state index is -0.0111. The Balaban J connectivity index is 0.00000192. The van der Waals surface area contributed by atoms with E-state index in [1.165, 1.54) is 5.56 Å². The van der Waals surface area contributed by atoms with Crippen molar-refractivity contribution >= 4 is 18.3 Å². The van der Waals surface area contributed by atoms with Crippen molar-refractivity contribution < 1.29 is 4.79 Å². The van der Waals surface area contributed by atoms with E-state index in [0.717, 1.165) is 31.7 Å². The van der Waals surface area contributed by atoms with Crippen molar-refractivity contribution in [3.8, 4) is 0 Å². The Hall–Kier alpha value is -1.85. The van der Waals surface area contributed by atoms with E-state index < -0.39 is 0 Å². The highest BCUT2D eigenvalue weighted by molar-refractivity contribution is 5.95. The van der Waals surface area contributed by atoms with Gasteiger partial charge in [0.05, 0.1) is 24.0 Å². The van der Waals surface area contributed by atoms with Gasteiger partial charge >= 0.3 is 0 Å². The molecule has 0 spiro atoms. The van der Waals surface area contributed by atoms with Crippen LogP contribution in [-0.4, -0.2) is 35.3 Å². The first-order chi connectivity index (χ1) is 10.8. The minimum Gasteiger partial charge on any atom is -0.352 e. The number of benzene rings is 1. The summed E-state index contributed by atoms with van der Waals surface area (Å²) in [6.07, 6.45) is 2.48. The summed E-state index contributed by atoms with van der Waals surface area (Å²) in [5.74, 6) is 0.552. The molecule has 1 fully saturated rings. The summed E-state index contributed by atoms with van der Waals surface area (Å²) in [6, 6.07) is 10.2. The molecule has 1 aromatic carbocycles. The summed E-state index contributed by atoms with van der Waals surface area (Å²) in [5, 5.41) is 10.6. The molecule has 0 unspecified atom stereocenters. The molecule has 0 saturated carbocycles. The van der Waals surface area contributed by atoms with Gasteiger partial charge in [0.1, 0.15) is 0 Å². The number of amides is 1. The van der Waals surface area contributed by atoms with Crippen LogP contribution in [0.1, 0.15) is 28.5 Å². The van der Waals surface area contributed by atoms with Gasteiger partial charge in [-0.1, -0.05) is 37.3 Å². The zero-order valence-electron chi connectivity index (χ0n) is 13.3. The number of hydrogen-bond donors (Lipinski definition) is 2. The summed E-state index contributed by atoms with van der Waals surface area (Å²) in [5.41, 5.74) is 2.88. The van der Waals surface area contributed by atoms with Crippen LogP contribution in [0.4, 0.5) is 0 Å². The first kappa shape index (κ1) is 17.5. The van der Waals surface area contributed by atoms with Crippen LogP contribution in [-0.2, 0) is 13.0 Å². The summed E-state index contributed by atoms with van der Waals surface area (Å²) in [7, 11) is 0. The lowest BCUT2D eigenvalue weighted by molar-refractivity contribution is 0.0941. The molecule has 0 atom stereocenters. The normalized spacial score (nSPS) is 14.0. The van der Waals surface area contributed by atoms with Gasteiger partial charge in [-0.25, -0.2) is 0 Å². The number of halogens is 1. The van der Waals surface area contributed by atoms with Gasteiger partial charge in [-0.3, -0.25) is 9.48 Å². The van der Waals surface area contributed by atoms with Gasteiger partial charge in [-0.05, 0) is 12.0 Å². The quantitative estimate of drug-likeness (QED) is 0.848. The highest BCUT2D eigenvalue weighted by atomic mass is 35.5. The Bertz CT molecular complexity index is 637. The maximum Gasteiger partial charge on any atom is 0.254 e. The molecule has 23 heavy (non-hydrogen) atoms. The molecule has 5 nitrogen and oxygen atoms in total. The molecule has 1 aliphatic rings. The van der Waals surface area contributed by atoms with Crippen LogP contribution in [0, 0.1) is 5.92 Å². The molecule has 124 valence electrons. The average Bonchev–Trinajstić information content (AvgIpc) is 2.89. The van der Waals surface area contributed by atoms with Crippen LogP contribution in [0.25, 0.3) is 0 Å². The van der Waals surface area contributed by atoms with Gasteiger partial charge in [-0.2, -0.15) is 5.10 Å². The Labute approximate surface area is 142 Å². The predicted octanol–water partition coefficient (Wildman–Crippen LogP) is 1.86. The van der Waals surface area contributed by atoms with Crippen molar-refractivity contribution in [2.45, 2.75) is 19.9 Å². The van der Waals surface area contributed by atoms with Crippen molar-refractivity contribution in [2.24, 2.45) is 5.92 Å². The second-order valence-corrected chi connectivity index (χ2v) is 5.74. The van der Waals surface area contributed by atoms with Gasteiger partial charge in [0, 0.05) is 25.6 Å². The number of rotatable bonds is 6. The number of nitrogens with one attached hydrogen (secondary N) is 2. The Kier molecular flexibility index (Phi) is 6.19. The van der Waals surface area contributed by atoms with Crippen molar-refractivity contribution in [3.05, 3.63) is 53.3 Å². The smallest absolute Gasteiger partial charge is 0.254 e. The zero-order chi connectivity index (χ0) is 15.4. The van der Waals surface area contributed by atoms with Crippen LogP contribution < -0.4 is 10.6 Å². The van der Waals surface area contributed by atoms with E-state index in [9.17, 15) is 4.79 Å². The molecule has 0 bridgehead atoms. The Morgan fingerprint density at radius 2 is 2.09 bits per heavy atom. The average molecular weight is 335 g/mol.